The Morgan fingerprint density at radius 2 is 2.44 bits per heavy atom. The van der Waals surface area contributed by atoms with Crippen LogP contribution in [0.15, 0.2) is 4.99 Å². The van der Waals surface area contributed by atoms with Crippen molar-refractivity contribution in [3.8, 4) is 0 Å². The quantitative estimate of drug-likeness (QED) is 0.322. The van der Waals surface area contributed by atoms with Crippen molar-refractivity contribution >= 4 is 5.96 Å². The summed E-state index contributed by atoms with van der Waals surface area (Å²) in [5.41, 5.74) is 5.18. The van der Waals surface area contributed by atoms with Crippen molar-refractivity contribution in [3.63, 3.8) is 0 Å². The molecule has 0 rings (SSSR count). The zero-order valence-corrected chi connectivity index (χ0v) is 5.69. The summed E-state index contributed by atoms with van der Waals surface area (Å²) in [6.07, 6.45) is -1.12. The molecule has 0 amide bonds. The number of guanidine groups is 1. The Morgan fingerprint density at radius 1 is 1.89 bits per heavy atom. The van der Waals surface area contributed by atoms with E-state index in [1.807, 2.05) is 6.92 Å². The van der Waals surface area contributed by atoms with E-state index in [4.69, 9.17) is 5.73 Å². The Labute approximate surface area is 54.1 Å². The van der Waals surface area contributed by atoms with Crippen molar-refractivity contribution in [3.05, 3.63) is 0 Å². The van der Waals surface area contributed by atoms with Crippen LogP contribution in [0.25, 0.3) is 0 Å². The maximum Gasteiger partial charge on any atom is 0.190 e. The van der Waals surface area contributed by atoms with Crippen molar-refractivity contribution < 1.29 is 4.39 Å². The van der Waals surface area contributed by atoms with Crippen molar-refractivity contribution in [2.24, 2.45) is 10.7 Å². The molecule has 0 radical (unpaired) electrons. The second-order valence-electron chi connectivity index (χ2n) is 1.62. The molecule has 4 heteroatoms. The molecule has 1 unspecified atom stereocenters. The average Bonchev–Trinajstić information content (AvgIpc) is 1.63. The first kappa shape index (κ1) is 8.20. The summed E-state index contributed by atoms with van der Waals surface area (Å²) < 4.78 is 12.0. The van der Waals surface area contributed by atoms with Gasteiger partial charge in [-0.05, 0) is 13.8 Å². The number of aliphatic imine (C=N–C) groups is 1. The fraction of sp³-hybridized carbons (Fsp3) is 0.800. The van der Waals surface area contributed by atoms with Crippen LogP contribution in [0.4, 0.5) is 4.39 Å². The van der Waals surface area contributed by atoms with Gasteiger partial charge in [0.25, 0.3) is 0 Å². The molecule has 0 bridgehead atoms. The van der Waals surface area contributed by atoms with Gasteiger partial charge >= 0.3 is 0 Å². The van der Waals surface area contributed by atoms with Gasteiger partial charge in [-0.15, -0.1) is 0 Å². The van der Waals surface area contributed by atoms with Crippen LogP contribution in [0.5, 0.6) is 0 Å². The molecule has 1 atom stereocenters. The number of halogens is 1. The molecule has 3 N–H and O–H groups in total. The zero-order chi connectivity index (χ0) is 7.28. The molecule has 0 aromatic carbocycles. The third-order valence-corrected chi connectivity index (χ3v) is 0.675. The van der Waals surface area contributed by atoms with Gasteiger partial charge in [0, 0.05) is 6.54 Å². The average molecular weight is 133 g/mol. The van der Waals surface area contributed by atoms with Gasteiger partial charge in [-0.25, -0.2) is 4.39 Å². The van der Waals surface area contributed by atoms with Crippen LogP contribution in [0, 0.1) is 0 Å². The standard InChI is InChI=1S/C5H12FN3/c1-3-8-5(7)9-4(2)6/h4H,3H2,1-2H3,(H3,7,8,9). The highest BCUT2D eigenvalue weighted by molar-refractivity contribution is 5.77. The SMILES string of the molecule is CC/N=C(/N)NC(C)F. The molecule has 0 heterocycles. The van der Waals surface area contributed by atoms with Crippen LogP contribution in [0.1, 0.15) is 13.8 Å². The fourth-order valence-corrected chi connectivity index (χ4v) is 0.420. The number of hydrogen-bond acceptors (Lipinski definition) is 1. The first-order chi connectivity index (χ1) is 4.16. The molecule has 0 aliphatic carbocycles. The Balaban J connectivity index is 3.49. The normalized spacial score (nSPS) is 15.2. The molecule has 0 saturated heterocycles. The first-order valence-electron chi connectivity index (χ1n) is 2.87. The van der Waals surface area contributed by atoms with Gasteiger partial charge in [-0.1, -0.05) is 0 Å². The summed E-state index contributed by atoms with van der Waals surface area (Å²) in [5, 5.41) is 2.30. The maximum atomic E-state index is 12.0. The van der Waals surface area contributed by atoms with Crippen molar-refractivity contribution in [2.45, 2.75) is 20.1 Å². The molecule has 0 saturated carbocycles. The smallest absolute Gasteiger partial charge is 0.190 e. The summed E-state index contributed by atoms with van der Waals surface area (Å²) in [6, 6.07) is 0. The third kappa shape index (κ3) is 5.06. The fourth-order valence-electron chi connectivity index (χ4n) is 0.420. The van der Waals surface area contributed by atoms with Crippen LogP contribution in [0.2, 0.25) is 0 Å². The minimum absolute atomic E-state index is 0.160. The number of nitrogens with one attached hydrogen (secondary N) is 1. The van der Waals surface area contributed by atoms with Crippen LogP contribution in [-0.2, 0) is 0 Å². The molecule has 0 fully saturated rings. The van der Waals surface area contributed by atoms with Gasteiger partial charge < -0.3 is 11.1 Å². The summed E-state index contributed by atoms with van der Waals surface area (Å²) >= 11 is 0. The number of nitrogens with two attached hydrogens (primary N) is 1. The van der Waals surface area contributed by atoms with E-state index in [1.165, 1.54) is 6.92 Å². The van der Waals surface area contributed by atoms with E-state index in [9.17, 15) is 4.39 Å². The number of rotatable bonds is 2. The zero-order valence-electron chi connectivity index (χ0n) is 5.69. The minimum atomic E-state index is -1.12. The Kier molecular flexibility index (Phi) is 3.75. The minimum Gasteiger partial charge on any atom is -0.370 e. The highest BCUT2D eigenvalue weighted by Crippen LogP contribution is 1.78. The maximum absolute atomic E-state index is 12.0. The number of alkyl halides is 1. The lowest BCUT2D eigenvalue weighted by molar-refractivity contribution is 0.338. The van der Waals surface area contributed by atoms with Gasteiger partial charge in [0.05, 0.1) is 0 Å². The van der Waals surface area contributed by atoms with Gasteiger partial charge in [0.15, 0.2) is 12.3 Å². The topological polar surface area (TPSA) is 50.4 Å². The second kappa shape index (κ2) is 4.12. The van der Waals surface area contributed by atoms with E-state index in [0.29, 0.717) is 6.54 Å². The van der Waals surface area contributed by atoms with Crippen LogP contribution in [-0.4, -0.2) is 18.8 Å². The molecular weight excluding hydrogens is 121 g/mol. The summed E-state index contributed by atoms with van der Waals surface area (Å²) in [4.78, 5) is 3.71. The van der Waals surface area contributed by atoms with Crippen molar-refractivity contribution in [2.75, 3.05) is 6.54 Å². The Morgan fingerprint density at radius 3 is 2.78 bits per heavy atom. The Hall–Kier alpha value is -0.800. The number of hydrogen-bond donors (Lipinski definition) is 2. The lowest BCUT2D eigenvalue weighted by Gasteiger charge is -2.03. The molecule has 54 valence electrons. The van der Waals surface area contributed by atoms with Crippen LogP contribution < -0.4 is 11.1 Å². The van der Waals surface area contributed by atoms with E-state index in [-0.39, 0.29) is 5.96 Å². The molecule has 0 aliphatic heterocycles. The molecule has 9 heavy (non-hydrogen) atoms. The highest BCUT2D eigenvalue weighted by atomic mass is 19.1. The van der Waals surface area contributed by atoms with E-state index < -0.39 is 6.30 Å². The molecule has 0 aromatic heterocycles. The summed E-state index contributed by atoms with van der Waals surface area (Å²) in [7, 11) is 0. The van der Waals surface area contributed by atoms with E-state index >= 15 is 0 Å². The largest absolute Gasteiger partial charge is 0.370 e. The monoisotopic (exact) mass is 133 g/mol. The summed E-state index contributed by atoms with van der Waals surface area (Å²) in [5.74, 6) is 0.160. The van der Waals surface area contributed by atoms with Crippen LogP contribution >= 0.6 is 0 Å². The molecular formula is C5H12FN3. The lowest BCUT2D eigenvalue weighted by atomic mass is 10.7. The van der Waals surface area contributed by atoms with Crippen molar-refractivity contribution in [1.29, 1.82) is 0 Å². The third-order valence-electron chi connectivity index (χ3n) is 0.675. The predicted octanol–water partition coefficient (Wildman–Crippen LogP) is 0.226. The van der Waals surface area contributed by atoms with E-state index in [2.05, 4.69) is 10.3 Å². The summed E-state index contributed by atoms with van der Waals surface area (Å²) in [6.45, 7) is 3.76. The molecule has 3 nitrogen and oxygen atoms in total. The molecule has 0 aliphatic rings. The molecule has 0 aromatic rings. The second-order valence-corrected chi connectivity index (χ2v) is 1.62. The first-order valence-corrected chi connectivity index (χ1v) is 2.87. The Bertz CT molecular complexity index is 100. The van der Waals surface area contributed by atoms with Crippen molar-refractivity contribution in [1.82, 2.24) is 5.32 Å². The van der Waals surface area contributed by atoms with Crippen LogP contribution in [0.3, 0.4) is 0 Å². The van der Waals surface area contributed by atoms with E-state index in [0.717, 1.165) is 0 Å². The number of nitrogens with zero attached hydrogens (tertiary/aromatic N) is 1. The van der Waals surface area contributed by atoms with Gasteiger partial charge in [0.1, 0.15) is 0 Å². The predicted molar refractivity (Wildman–Crippen MR) is 35.9 cm³/mol. The highest BCUT2D eigenvalue weighted by Gasteiger charge is 1.95. The molecule has 0 spiro atoms. The van der Waals surface area contributed by atoms with Gasteiger partial charge in [0.2, 0.25) is 0 Å². The van der Waals surface area contributed by atoms with E-state index in [1.54, 1.807) is 0 Å². The van der Waals surface area contributed by atoms with Gasteiger partial charge in [-0.3, -0.25) is 4.99 Å². The lowest BCUT2D eigenvalue weighted by Crippen LogP contribution is -2.36. The van der Waals surface area contributed by atoms with Gasteiger partial charge in [-0.2, -0.15) is 0 Å².